The third kappa shape index (κ3) is 2.28. The molecular weight excluding hydrogens is 212 g/mol. The molecule has 1 aromatic rings. The lowest BCUT2D eigenvalue weighted by molar-refractivity contribution is -0.141. The lowest BCUT2D eigenvalue weighted by Gasteiger charge is -2.16. The fraction of sp³-hybridized carbons (Fsp3) is 0.600. The zero-order chi connectivity index (χ0) is 10.8. The summed E-state index contributed by atoms with van der Waals surface area (Å²) in [5.41, 5.74) is 0.979. The van der Waals surface area contributed by atoms with E-state index in [1.54, 1.807) is 0 Å². The van der Waals surface area contributed by atoms with Crippen LogP contribution in [0, 0.1) is 12.8 Å². The number of aryl methyl sites for hydroxylation is 1. The van der Waals surface area contributed by atoms with Crippen LogP contribution in [0.2, 0.25) is 0 Å². The van der Waals surface area contributed by atoms with E-state index >= 15 is 0 Å². The molecule has 2 N–H and O–H groups in total. The van der Waals surface area contributed by atoms with Crippen LogP contribution in [0.15, 0.2) is 5.38 Å². The van der Waals surface area contributed by atoms with Gasteiger partial charge in [0.1, 0.15) is 0 Å². The molecule has 1 heterocycles. The Hall–Kier alpha value is -1.10. The molecule has 1 aliphatic rings. The Bertz CT molecular complexity index is 364. The number of carboxylic acid groups (broad SMARTS) is 1. The van der Waals surface area contributed by atoms with Gasteiger partial charge < -0.3 is 10.4 Å². The van der Waals surface area contributed by atoms with E-state index in [9.17, 15) is 4.79 Å². The Morgan fingerprint density at radius 2 is 2.47 bits per heavy atom. The van der Waals surface area contributed by atoms with Gasteiger partial charge in [-0.25, -0.2) is 4.98 Å². The monoisotopic (exact) mass is 226 g/mol. The molecule has 5 heteroatoms. The summed E-state index contributed by atoms with van der Waals surface area (Å²) in [7, 11) is 0. The predicted molar refractivity (Wildman–Crippen MR) is 59.2 cm³/mol. The number of anilines is 1. The number of rotatable bonds is 3. The van der Waals surface area contributed by atoms with Crippen LogP contribution < -0.4 is 5.32 Å². The highest BCUT2D eigenvalue weighted by molar-refractivity contribution is 7.13. The van der Waals surface area contributed by atoms with Crippen LogP contribution >= 0.6 is 11.3 Å². The number of carboxylic acids is 1. The smallest absolute Gasteiger partial charge is 0.308 e. The molecule has 0 saturated heterocycles. The number of hydrogen-bond donors (Lipinski definition) is 2. The van der Waals surface area contributed by atoms with Crippen molar-refractivity contribution in [2.45, 2.75) is 32.2 Å². The highest BCUT2D eigenvalue weighted by Gasteiger charge is 2.33. The second kappa shape index (κ2) is 4.18. The quantitative estimate of drug-likeness (QED) is 0.828. The van der Waals surface area contributed by atoms with Gasteiger partial charge in [-0.1, -0.05) is 6.42 Å². The average Bonchev–Trinajstić information content (AvgIpc) is 2.75. The first-order valence-corrected chi connectivity index (χ1v) is 5.96. The molecule has 4 nitrogen and oxygen atoms in total. The minimum atomic E-state index is -0.696. The molecule has 2 atom stereocenters. The molecule has 0 aliphatic heterocycles. The van der Waals surface area contributed by atoms with Crippen molar-refractivity contribution in [3.05, 3.63) is 11.1 Å². The Labute approximate surface area is 92.3 Å². The van der Waals surface area contributed by atoms with Crippen molar-refractivity contribution in [2.75, 3.05) is 5.32 Å². The SMILES string of the molecule is Cc1csc(NC2CCCC2C(=O)O)n1. The third-order valence-corrected chi connectivity index (χ3v) is 3.65. The molecule has 82 valence electrons. The van der Waals surface area contributed by atoms with Crippen LogP contribution in [-0.4, -0.2) is 22.1 Å². The molecule has 0 aromatic carbocycles. The van der Waals surface area contributed by atoms with Crippen LogP contribution in [0.3, 0.4) is 0 Å². The summed E-state index contributed by atoms with van der Waals surface area (Å²) in [6.07, 6.45) is 2.69. The summed E-state index contributed by atoms with van der Waals surface area (Å²) < 4.78 is 0. The normalized spacial score (nSPS) is 25.4. The fourth-order valence-electron chi connectivity index (χ4n) is 2.01. The number of thiazole rings is 1. The van der Waals surface area contributed by atoms with Crippen LogP contribution in [0.25, 0.3) is 0 Å². The van der Waals surface area contributed by atoms with Gasteiger partial charge in [0.15, 0.2) is 5.13 Å². The molecule has 0 amide bonds. The molecule has 0 radical (unpaired) electrons. The van der Waals surface area contributed by atoms with Gasteiger partial charge in [-0.2, -0.15) is 0 Å². The lowest BCUT2D eigenvalue weighted by Crippen LogP contribution is -2.29. The van der Waals surface area contributed by atoms with E-state index in [1.165, 1.54) is 11.3 Å². The zero-order valence-electron chi connectivity index (χ0n) is 8.56. The van der Waals surface area contributed by atoms with Gasteiger partial charge in [-0.15, -0.1) is 11.3 Å². The molecule has 1 saturated carbocycles. The maximum atomic E-state index is 11.0. The van der Waals surface area contributed by atoms with Crippen molar-refractivity contribution in [3.63, 3.8) is 0 Å². The van der Waals surface area contributed by atoms with Gasteiger partial charge in [0.05, 0.1) is 11.6 Å². The number of carbonyl (C=O) groups is 1. The number of aliphatic carboxylic acids is 1. The Kier molecular flexibility index (Phi) is 2.90. The summed E-state index contributed by atoms with van der Waals surface area (Å²) >= 11 is 1.53. The van der Waals surface area contributed by atoms with Crippen LogP contribution in [0.1, 0.15) is 25.0 Å². The van der Waals surface area contributed by atoms with Gasteiger partial charge in [0, 0.05) is 11.4 Å². The van der Waals surface area contributed by atoms with Gasteiger partial charge in [-0.3, -0.25) is 4.79 Å². The summed E-state index contributed by atoms with van der Waals surface area (Å²) in [5.74, 6) is -0.951. The number of hydrogen-bond acceptors (Lipinski definition) is 4. The van der Waals surface area contributed by atoms with E-state index in [0.717, 1.165) is 30.1 Å². The highest BCUT2D eigenvalue weighted by Crippen LogP contribution is 2.29. The number of aromatic nitrogens is 1. The predicted octanol–water partition coefficient (Wildman–Crippen LogP) is 2.12. The Morgan fingerprint density at radius 3 is 3.07 bits per heavy atom. The molecule has 0 bridgehead atoms. The van der Waals surface area contributed by atoms with Crippen molar-refractivity contribution in [3.8, 4) is 0 Å². The third-order valence-electron chi connectivity index (χ3n) is 2.76. The molecule has 15 heavy (non-hydrogen) atoms. The van der Waals surface area contributed by atoms with Crippen molar-refractivity contribution in [1.82, 2.24) is 4.98 Å². The van der Waals surface area contributed by atoms with Crippen molar-refractivity contribution >= 4 is 22.4 Å². The summed E-state index contributed by atoms with van der Waals surface area (Å²) in [5, 5.41) is 15.0. The second-order valence-electron chi connectivity index (χ2n) is 3.92. The second-order valence-corrected chi connectivity index (χ2v) is 4.78. The fourth-order valence-corrected chi connectivity index (χ4v) is 2.76. The summed E-state index contributed by atoms with van der Waals surface area (Å²) in [6.45, 7) is 1.94. The largest absolute Gasteiger partial charge is 0.481 e. The molecule has 0 spiro atoms. The van der Waals surface area contributed by atoms with Crippen molar-refractivity contribution in [2.24, 2.45) is 5.92 Å². The van der Waals surface area contributed by atoms with Gasteiger partial charge in [0.25, 0.3) is 0 Å². The van der Waals surface area contributed by atoms with E-state index in [-0.39, 0.29) is 12.0 Å². The van der Waals surface area contributed by atoms with Gasteiger partial charge in [0.2, 0.25) is 0 Å². The van der Waals surface area contributed by atoms with Crippen molar-refractivity contribution < 1.29 is 9.90 Å². The van der Waals surface area contributed by atoms with Crippen LogP contribution in [-0.2, 0) is 4.79 Å². The van der Waals surface area contributed by atoms with Crippen LogP contribution in [0.5, 0.6) is 0 Å². The topological polar surface area (TPSA) is 62.2 Å². The first-order valence-electron chi connectivity index (χ1n) is 5.08. The maximum absolute atomic E-state index is 11.0. The summed E-state index contributed by atoms with van der Waals surface area (Å²) in [4.78, 5) is 15.2. The first kappa shape index (κ1) is 10.4. The first-order chi connectivity index (χ1) is 7.16. The Morgan fingerprint density at radius 1 is 1.67 bits per heavy atom. The molecule has 2 unspecified atom stereocenters. The maximum Gasteiger partial charge on any atom is 0.308 e. The summed E-state index contributed by atoms with van der Waals surface area (Å²) in [6, 6.07) is 0.0491. The van der Waals surface area contributed by atoms with E-state index in [1.807, 2.05) is 12.3 Å². The van der Waals surface area contributed by atoms with E-state index in [2.05, 4.69) is 10.3 Å². The number of nitrogens with zero attached hydrogens (tertiary/aromatic N) is 1. The van der Waals surface area contributed by atoms with E-state index in [0.29, 0.717) is 0 Å². The molecule has 2 rings (SSSR count). The lowest BCUT2D eigenvalue weighted by atomic mass is 10.0. The van der Waals surface area contributed by atoms with E-state index < -0.39 is 5.97 Å². The Balaban J connectivity index is 2.02. The minimum Gasteiger partial charge on any atom is -0.481 e. The highest BCUT2D eigenvalue weighted by atomic mass is 32.1. The van der Waals surface area contributed by atoms with Crippen LogP contribution in [0.4, 0.5) is 5.13 Å². The number of nitrogens with one attached hydrogen (secondary N) is 1. The van der Waals surface area contributed by atoms with Gasteiger partial charge >= 0.3 is 5.97 Å². The average molecular weight is 226 g/mol. The zero-order valence-corrected chi connectivity index (χ0v) is 9.38. The van der Waals surface area contributed by atoms with Crippen molar-refractivity contribution in [1.29, 1.82) is 0 Å². The van der Waals surface area contributed by atoms with E-state index in [4.69, 9.17) is 5.11 Å². The van der Waals surface area contributed by atoms with Gasteiger partial charge in [-0.05, 0) is 19.8 Å². The molecule has 1 fully saturated rings. The molecule has 1 aliphatic carbocycles. The minimum absolute atomic E-state index is 0.0491. The molecule has 1 aromatic heterocycles. The standard InChI is InChI=1S/C10H14N2O2S/c1-6-5-15-10(11-6)12-8-4-2-3-7(8)9(13)14/h5,7-8H,2-4H2,1H3,(H,11,12)(H,13,14). The molecular formula is C10H14N2O2S.